The van der Waals surface area contributed by atoms with Crippen LogP contribution in [0.15, 0.2) is 0 Å². The molecule has 0 spiro atoms. The van der Waals surface area contributed by atoms with Crippen LogP contribution in [0.3, 0.4) is 0 Å². The van der Waals surface area contributed by atoms with Crippen molar-refractivity contribution in [3.05, 3.63) is 33.9 Å². The maximum absolute atomic E-state index is 12.4. The van der Waals surface area contributed by atoms with Gasteiger partial charge in [0.1, 0.15) is 5.60 Å². The molecule has 192 valence electrons. The summed E-state index contributed by atoms with van der Waals surface area (Å²) in [5, 5.41) is 18.9. The third kappa shape index (κ3) is 5.13. The number of carbonyl (C=O) groups excluding carboxylic acids is 1. The van der Waals surface area contributed by atoms with Gasteiger partial charge >= 0.3 is 6.09 Å². The number of amides is 1. The normalized spacial score (nSPS) is 24.4. The van der Waals surface area contributed by atoms with Gasteiger partial charge in [0, 0.05) is 65.8 Å². The predicted octanol–water partition coefficient (Wildman–Crippen LogP) is 5.07. The van der Waals surface area contributed by atoms with Crippen molar-refractivity contribution in [3.8, 4) is 0 Å². The molecule has 2 aliphatic heterocycles. The van der Waals surface area contributed by atoms with E-state index in [1.54, 1.807) is 0 Å². The van der Waals surface area contributed by atoms with Gasteiger partial charge in [-0.15, -0.1) is 0 Å². The van der Waals surface area contributed by atoms with Gasteiger partial charge in [-0.1, -0.05) is 12.8 Å². The number of nitrogens with one attached hydrogen (secondary N) is 3. The van der Waals surface area contributed by atoms with Gasteiger partial charge in [0.2, 0.25) is 0 Å². The Morgan fingerprint density at radius 1 is 0.914 bits per heavy atom. The molecule has 2 aromatic heterocycles. The lowest BCUT2D eigenvalue weighted by Gasteiger charge is -2.35. The number of carbonyl (C=O) groups is 1. The number of aromatic amines is 2. The zero-order valence-corrected chi connectivity index (χ0v) is 22.0. The summed E-state index contributed by atoms with van der Waals surface area (Å²) in [6, 6.07) is 0.735. The third-order valence-corrected chi connectivity index (χ3v) is 8.08. The Bertz CT molecular complexity index is 1040. The quantitative estimate of drug-likeness (QED) is 0.555. The third-order valence-electron chi connectivity index (χ3n) is 8.08. The van der Waals surface area contributed by atoms with Gasteiger partial charge in [-0.25, -0.2) is 4.79 Å². The minimum atomic E-state index is -0.454. The van der Waals surface area contributed by atoms with Crippen LogP contribution in [-0.2, 0) is 30.7 Å². The second kappa shape index (κ2) is 9.60. The molecule has 8 nitrogen and oxygen atoms in total. The van der Waals surface area contributed by atoms with Crippen molar-refractivity contribution in [1.82, 2.24) is 30.6 Å². The fourth-order valence-electron chi connectivity index (χ4n) is 5.54. The molecule has 0 bridgehead atoms. The monoisotopic (exact) mass is 482 g/mol. The molecule has 4 heterocycles. The van der Waals surface area contributed by atoms with E-state index in [0.717, 1.165) is 25.3 Å². The van der Waals surface area contributed by atoms with Crippen LogP contribution in [-0.4, -0.2) is 49.1 Å². The second-order valence-electron chi connectivity index (χ2n) is 12.0. The van der Waals surface area contributed by atoms with Crippen LogP contribution >= 0.6 is 0 Å². The molecule has 2 unspecified atom stereocenters. The number of ether oxygens (including phenoxy) is 1. The molecule has 2 saturated carbocycles. The number of aromatic nitrogens is 4. The highest BCUT2D eigenvalue weighted by Gasteiger charge is 2.35. The molecule has 6 rings (SSSR count). The van der Waals surface area contributed by atoms with Gasteiger partial charge in [0.05, 0.1) is 17.9 Å². The van der Waals surface area contributed by atoms with E-state index in [0.29, 0.717) is 18.5 Å². The first-order valence-electron chi connectivity index (χ1n) is 13.5. The number of nitrogens with zero attached hydrogens (tertiary/aromatic N) is 3. The SMILES string of the molecule is CC1Cc2[nH]nc(C3CCC3)c2CN1.CC1Cc2[nH]nc(C3CCC3)c2CN1C(=O)OC(C)(C)C. The Morgan fingerprint density at radius 3 is 2.03 bits per heavy atom. The fourth-order valence-corrected chi connectivity index (χ4v) is 5.54. The molecule has 8 heteroatoms. The van der Waals surface area contributed by atoms with Crippen molar-refractivity contribution < 1.29 is 9.53 Å². The first-order valence-corrected chi connectivity index (χ1v) is 13.5. The number of fused-ring (bicyclic) bond motifs is 2. The molecular formula is C27H42N6O2. The van der Waals surface area contributed by atoms with E-state index in [9.17, 15) is 4.79 Å². The molecule has 2 aromatic rings. The molecule has 0 radical (unpaired) electrons. The van der Waals surface area contributed by atoms with Crippen LogP contribution in [0.25, 0.3) is 0 Å². The van der Waals surface area contributed by atoms with E-state index >= 15 is 0 Å². The number of hydrogen-bond donors (Lipinski definition) is 3. The lowest BCUT2D eigenvalue weighted by atomic mass is 9.80. The average molecular weight is 483 g/mol. The molecule has 2 fully saturated rings. The summed E-state index contributed by atoms with van der Waals surface area (Å²) in [4.78, 5) is 14.2. The molecule has 1 amide bonds. The number of H-pyrrole nitrogens is 2. The summed E-state index contributed by atoms with van der Waals surface area (Å²) in [5.74, 6) is 1.34. The Hall–Kier alpha value is -2.35. The van der Waals surface area contributed by atoms with E-state index < -0.39 is 5.60 Å². The fraction of sp³-hybridized carbons (Fsp3) is 0.741. The molecule has 3 N–H and O–H groups in total. The Morgan fingerprint density at radius 2 is 1.49 bits per heavy atom. The summed E-state index contributed by atoms with van der Waals surface area (Å²) in [7, 11) is 0. The summed E-state index contributed by atoms with van der Waals surface area (Å²) in [6.45, 7) is 11.6. The topological polar surface area (TPSA) is 98.9 Å². The molecule has 2 aliphatic carbocycles. The van der Waals surface area contributed by atoms with Crippen molar-refractivity contribution in [1.29, 1.82) is 0 Å². The Balaban J connectivity index is 0.000000156. The maximum atomic E-state index is 12.4. The first kappa shape index (κ1) is 24.3. The summed E-state index contributed by atoms with van der Waals surface area (Å²) in [5.41, 5.74) is 7.34. The molecule has 2 atom stereocenters. The zero-order chi connectivity index (χ0) is 24.7. The van der Waals surface area contributed by atoms with Crippen LogP contribution in [0.4, 0.5) is 4.79 Å². The first-order chi connectivity index (χ1) is 16.7. The lowest BCUT2D eigenvalue weighted by molar-refractivity contribution is 0.0136. The van der Waals surface area contributed by atoms with E-state index in [4.69, 9.17) is 4.74 Å². The zero-order valence-electron chi connectivity index (χ0n) is 22.0. The summed E-state index contributed by atoms with van der Waals surface area (Å²) in [6.07, 6.45) is 9.51. The van der Waals surface area contributed by atoms with Crippen LogP contribution in [0, 0.1) is 0 Å². The van der Waals surface area contributed by atoms with Crippen LogP contribution in [0.1, 0.15) is 119 Å². The van der Waals surface area contributed by atoms with E-state index in [1.807, 2.05) is 25.7 Å². The van der Waals surface area contributed by atoms with Crippen LogP contribution in [0.2, 0.25) is 0 Å². The van der Waals surface area contributed by atoms with Gasteiger partial charge in [-0.3, -0.25) is 10.2 Å². The standard InChI is InChI=1S/C16H25N3O2.C11H17N3/c1-10-8-13-12(14(18-17-13)11-6-5-7-11)9-19(10)15(20)21-16(2,3)4;1-7-5-10-9(6-12-7)11(14-13-10)8-3-2-4-8/h10-11H,5-9H2,1-4H3,(H,17,18);7-8,12H,2-6H2,1H3,(H,13,14). The van der Waals surface area contributed by atoms with E-state index in [1.165, 1.54) is 72.4 Å². The molecule has 0 aromatic carbocycles. The van der Waals surface area contributed by atoms with Gasteiger partial charge in [0.15, 0.2) is 0 Å². The summed E-state index contributed by atoms with van der Waals surface area (Å²) >= 11 is 0. The smallest absolute Gasteiger partial charge is 0.410 e. The van der Waals surface area contributed by atoms with Crippen LogP contribution in [0.5, 0.6) is 0 Å². The maximum Gasteiger partial charge on any atom is 0.410 e. The lowest BCUT2D eigenvalue weighted by Crippen LogP contribution is -2.45. The van der Waals surface area contributed by atoms with Gasteiger partial charge in [0.25, 0.3) is 0 Å². The summed E-state index contributed by atoms with van der Waals surface area (Å²) < 4.78 is 5.54. The predicted molar refractivity (Wildman–Crippen MR) is 135 cm³/mol. The van der Waals surface area contributed by atoms with Crippen molar-refractivity contribution in [2.24, 2.45) is 0 Å². The highest BCUT2D eigenvalue weighted by Crippen LogP contribution is 2.40. The van der Waals surface area contributed by atoms with Gasteiger partial charge < -0.3 is 15.0 Å². The van der Waals surface area contributed by atoms with Crippen LogP contribution < -0.4 is 5.32 Å². The van der Waals surface area contributed by atoms with Crippen molar-refractivity contribution in [2.75, 3.05) is 0 Å². The largest absolute Gasteiger partial charge is 0.444 e. The van der Waals surface area contributed by atoms with Crippen molar-refractivity contribution in [2.45, 2.75) is 129 Å². The van der Waals surface area contributed by atoms with E-state index in [2.05, 4.69) is 39.6 Å². The molecular weight excluding hydrogens is 440 g/mol. The number of rotatable bonds is 2. The van der Waals surface area contributed by atoms with E-state index in [-0.39, 0.29) is 12.1 Å². The van der Waals surface area contributed by atoms with Gasteiger partial charge in [-0.05, 0) is 60.3 Å². The van der Waals surface area contributed by atoms with Crippen molar-refractivity contribution in [3.63, 3.8) is 0 Å². The minimum absolute atomic E-state index is 0.141. The average Bonchev–Trinajstić information content (AvgIpc) is 3.28. The molecule has 0 saturated heterocycles. The second-order valence-corrected chi connectivity index (χ2v) is 12.0. The molecule has 4 aliphatic rings. The Labute approximate surface area is 209 Å². The minimum Gasteiger partial charge on any atom is -0.444 e. The van der Waals surface area contributed by atoms with Crippen molar-refractivity contribution >= 4 is 6.09 Å². The highest BCUT2D eigenvalue weighted by atomic mass is 16.6. The van der Waals surface area contributed by atoms with Gasteiger partial charge in [-0.2, -0.15) is 10.2 Å². The number of hydrogen-bond acceptors (Lipinski definition) is 5. The highest BCUT2D eigenvalue weighted by molar-refractivity contribution is 5.69. The Kier molecular flexibility index (Phi) is 6.68. The molecule has 35 heavy (non-hydrogen) atoms.